The molecule has 166 valence electrons. The van der Waals surface area contributed by atoms with E-state index in [2.05, 4.69) is 25.1 Å². The molecule has 0 amide bonds. The maximum absolute atomic E-state index is 11.0. The van der Waals surface area contributed by atoms with Gasteiger partial charge in [0.05, 0.1) is 5.56 Å². The molecule has 1 unspecified atom stereocenters. The Bertz CT molecular complexity index is 1110. The molecule has 0 saturated carbocycles. The van der Waals surface area contributed by atoms with Crippen LogP contribution in [0.5, 0.6) is 5.75 Å². The van der Waals surface area contributed by atoms with Gasteiger partial charge in [-0.2, -0.15) is 0 Å². The molecule has 1 aliphatic rings. The predicted molar refractivity (Wildman–Crippen MR) is 132 cm³/mol. The van der Waals surface area contributed by atoms with E-state index < -0.39 is 5.97 Å². The molecule has 0 fully saturated rings. The number of hydrogen-bond donors (Lipinski definition) is 1. The molecule has 0 spiro atoms. The minimum atomic E-state index is -0.931. The fraction of sp³-hybridized carbons (Fsp3) is 0.222. The first-order chi connectivity index (χ1) is 15.4. The van der Waals surface area contributed by atoms with Gasteiger partial charge in [-0.3, -0.25) is 0 Å². The smallest absolute Gasteiger partial charge is 0.335 e. The Balaban J connectivity index is 0.00000141. The molecular weight excluding hydrogens is 443 g/mol. The molecule has 0 aromatic heterocycles. The average Bonchev–Trinajstić information content (AvgIpc) is 3.08. The van der Waals surface area contributed by atoms with Crippen molar-refractivity contribution >= 4 is 35.2 Å². The number of ether oxygens (including phenoxy) is 1. The van der Waals surface area contributed by atoms with Crippen molar-refractivity contribution in [2.24, 2.45) is 0 Å². The molecule has 0 radical (unpaired) electrons. The normalized spacial score (nSPS) is 15.7. The quantitative estimate of drug-likeness (QED) is 0.411. The fourth-order valence-electron chi connectivity index (χ4n) is 3.78. The number of halogens is 2. The second-order valence-electron chi connectivity index (χ2n) is 7.47. The van der Waals surface area contributed by atoms with Gasteiger partial charge in [0.2, 0.25) is 0 Å². The highest BCUT2D eigenvalue weighted by atomic mass is 35.5. The Labute approximate surface area is 199 Å². The molecule has 0 bridgehead atoms. The number of rotatable bonds is 5. The molecule has 3 aromatic rings. The van der Waals surface area contributed by atoms with Crippen LogP contribution in [0.15, 0.2) is 66.2 Å². The molecule has 3 nitrogen and oxygen atoms in total. The highest BCUT2D eigenvalue weighted by Gasteiger charge is 2.24. The van der Waals surface area contributed by atoms with E-state index in [0.717, 1.165) is 23.3 Å². The summed E-state index contributed by atoms with van der Waals surface area (Å²) < 4.78 is 5.94. The van der Waals surface area contributed by atoms with Crippen molar-refractivity contribution in [1.29, 1.82) is 0 Å². The van der Waals surface area contributed by atoms with Crippen LogP contribution in [-0.2, 0) is 13.0 Å². The Kier molecular flexibility index (Phi) is 8.00. The zero-order valence-electron chi connectivity index (χ0n) is 18.4. The molecule has 1 N–H and O–H groups in total. The van der Waals surface area contributed by atoms with Crippen LogP contribution >= 0.6 is 23.2 Å². The molecule has 4 rings (SSSR count). The zero-order valence-corrected chi connectivity index (χ0v) is 19.9. The summed E-state index contributed by atoms with van der Waals surface area (Å²) in [6.07, 6.45) is 3.01. The largest absolute Gasteiger partial charge is 0.489 e. The first kappa shape index (κ1) is 23.9. The molecule has 1 aliphatic carbocycles. The van der Waals surface area contributed by atoms with Crippen LogP contribution in [0.4, 0.5) is 0 Å². The van der Waals surface area contributed by atoms with Crippen LogP contribution in [0.2, 0.25) is 10.0 Å². The third kappa shape index (κ3) is 5.73. The summed E-state index contributed by atoms with van der Waals surface area (Å²) in [6, 6.07) is 18.5. The van der Waals surface area contributed by atoms with Gasteiger partial charge in [0.25, 0.3) is 0 Å². The van der Waals surface area contributed by atoms with Gasteiger partial charge in [0.1, 0.15) is 12.4 Å². The number of carboxylic acid groups (broad SMARTS) is 1. The summed E-state index contributed by atoms with van der Waals surface area (Å²) in [5.74, 6) is 0.185. The van der Waals surface area contributed by atoms with Crippen LogP contribution in [0.25, 0.3) is 6.08 Å². The first-order valence-corrected chi connectivity index (χ1v) is 11.4. The van der Waals surface area contributed by atoms with E-state index >= 15 is 0 Å². The van der Waals surface area contributed by atoms with Crippen molar-refractivity contribution in [3.05, 3.63) is 104 Å². The van der Waals surface area contributed by atoms with Crippen molar-refractivity contribution in [1.82, 2.24) is 0 Å². The van der Waals surface area contributed by atoms with Crippen LogP contribution < -0.4 is 4.74 Å². The van der Waals surface area contributed by atoms with Crippen LogP contribution in [0.1, 0.15) is 59.3 Å². The van der Waals surface area contributed by atoms with Gasteiger partial charge in [-0.05, 0) is 71.1 Å². The maximum atomic E-state index is 11.0. The van der Waals surface area contributed by atoms with Crippen molar-refractivity contribution in [3.8, 4) is 5.75 Å². The van der Waals surface area contributed by atoms with Gasteiger partial charge in [-0.25, -0.2) is 4.79 Å². The van der Waals surface area contributed by atoms with E-state index in [-0.39, 0.29) is 5.56 Å². The van der Waals surface area contributed by atoms with E-state index in [1.807, 2.05) is 32.0 Å². The van der Waals surface area contributed by atoms with Gasteiger partial charge in [0, 0.05) is 16.0 Å². The number of hydrogen-bond acceptors (Lipinski definition) is 2. The lowest BCUT2D eigenvalue weighted by Crippen LogP contribution is -1.99. The predicted octanol–water partition coefficient (Wildman–Crippen LogP) is 8.04. The van der Waals surface area contributed by atoms with E-state index in [0.29, 0.717) is 22.6 Å². The lowest BCUT2D eigenvalue weighted by Gasteiger charge is -2.10. The fourth-order valence-corrected chi connectivity index (χ4v) is 4.32. The van der Waals surface area contributed by atoms with Crippen molar-refractivity contribution in [2.45, 2.75) is 39.7 Å². The molecule has 5 heteroatoms. The number of fused-ring (bicyclic) bond motifs is 1. The molecule has 0 aliphatic heterocycles. The van der Waals surface area contributed by atoms with Gasteiger partial charge < -0.3 is 9.84 Å². The zero-order chi connectivity index (χ0) is 23.3. The molecule has 1 atom stereocenters. The number of benzene rings is 3. The van der Waals surface area contributed by atoms with Crippen molar-refractivity contribution in [2.75, 3.05) is 0 Å². The van der Waals surface area contributed by atoms with Crippen molar-refractivity contribution in [3.63, 3.8) is 0 Å². The average molecular weight is 469 g/mol. The number of carboxylic acids is 1. The van der Waals surface area contributed by atoms with Gasteiger partial charge in [-0.15, -0.1) is 0 Å². The Morgan fingerprint density at radius 2 is 1.69 bits per heavy atom. The second kappa shape index (κ2) is 10.7. The summed E-state index contributed by atoms with van der Waals surface area (Å²) in [7, 11) is 0. The summed E-state index contributed by atoms with van der Waals surface area (Å²) in [4.78, 5) is 11.0. The van der Waals surface area contributed by atoms with Gasteiger partial charge in [0.15, 0.2) is 0 Å². The lowest BCUT2D eigenvalue weighted by atomic mass is 9.98. The minimum absolute atomic E-state index is 0.269. The van der Waals surface area contributed by atoms with Crippen LogP contribution in [0.3, 0.4) is 0 Å². The Morgan fingerprint density at radius 1 is 1.03 bits per heavy atom. The Morgan fingerprint density at radius 3 is 2.31 bits per heavy atom. The van der Waals surface area contributed by atoms with Crippen molar-refractivity contribution < 1.29 is 14.6 Å². The number of carbonyl (C=O) groups is 1. The standard InChI is InChI=1S/C25H20Cl2O3.C2H6/c1-15-19(8-17-9-21(26)13-22(27)10-17)11-20-12-23(6-7-24(15)20)30-14-16-2-4-18(5-3-16)25(28)29;1-2/h2-10,12-13,15H,11,14H2,1H3,(H,28,29);1-2H3/b19-8+;. The Hall–Kier alpha value is -2.75. The van der Waals surface area contributed by atoms with Gasteiger partial charge >= 0.3 is 5.97 Å². The summed E-state index contributed by atoms with van der Waals surface area (Å²) in [5.41, 5.74) is 6.05. The molecule has 0 heterocycles. The summed E-state index contributed by atoms with van der Waals surface area (Å²) in [5, 5.41) is 10.2. The SMILES string of the molecule is CC.CC1/C(=C/c2cc(Cl)cc(Cl)c2)Cc2cc(OCc3ccc(C(=O)O)cc3)ccc21. The minimum Gasteiger partial charge on any atom is -0.489 e. The van der Waals surface area contributed by atoms with E-state index in [4.69, 9.17) is 33.0 Å². The highest BCUT2D eigenvalue weighted by Crippen LogP contribution is 2.40. The summed E-state index contributed by atoms with van der Waals surface area (Å²) in [6.45, 7) is 6.59. The monoisotopic (exact) mass is 468 g/mol. The molecule has 3 aromatic carbocycles. The third-order valence-corrected chi connectivity index (χ3v) is 5.81. The molecule has 0 saturated heterocycles. The van der Waals surface area contributed by atoms with E-state index in [1.165, 1.54) is 16.7 Å². The highest BCUT2D eigenvalue weighted by molar-refractivity contribution is 6.34. The van der Waals surface area contributed by atoms with Crippen LogP contribution in [0, 0.1) is 0 Å². The number of aromatic carboxylic acids is 1. The van der Waals surface area contributed by atoms with Gasteiger partial charge in [-0.1, -0.05) is 73.8 Å². The third-order valence-electron chi connectivity index (χ3n) is 5.38. The molecule has 32 heavy (non-hydrogen) atoms. The van der Waals surface area contributed by atoms with Crippen LogP contribution in [-0.4, -0.2) is 11.1 Å². The topological polar surface area (TPSA) is 46.5 Å². The summed E-state index contributed by atoms with van der Waals surface area (Å²) >= 11 is 12.3. The van der Waals surface area contributed by atoms with E-state index in [1.54, 1.807) is 30.3 Å². The first-order valence-electron chi connectivity index (χ1n) is 10.6. The number of allylic oxidation sites excluding steroid dienone is 1. The second-order valence-corrected chi connectivity index (χ2v) is 8.34. The lowest BCUT2D eigenvalue weighted by molar-refractivity contribution is 0.0697. The molecular formula is C27H26Cl2O3. The van der Waals surface area contributed by atoms with E-state index in [9.17, 15) is 4.79 Å². The maximum Gasteiger partial charge on any atom is 0.335 e.